The molecule has 0 N–H and O–H groups in total. The number of hydrogen-bond donors (Lipinski definition) is 0. The van der Waals surface area contributed by atoms with Crippen LogP contribution in [-0.4, -0.2) is 17.9 Å². The fourth-order valence-electron chi connectivity index (χ4n) is 1.60. The Morgan fingerprint density at radius 3 is 2.74 bits per heavy atom. The normalized spacial score (nSPS) is 10.0. The van der Waals surface area contributed by atoms with Crippen LogP contribution in [0, 0.1) is 25.2 Å². The fourth-order valence-corrected chi connectivity index (χ4v) is 2.47. The fraction of sp³-hybridized carbons (Fsp3) is 0.214. The Hall–Kier alpha value is -2.19. The molecule has 2 rings (SSSR count). The predicted molar refractivity (Wildman–Crippen MR) is 75.5 cm³/mol. The minimum Gasteiger partial charge on any atom is -0.287 e. The topological polar surface area (TPSA) is 57.0 Å². The van der Waals surface area contributed by atoms with Gasteiger partial charge in [-0.05, 0) is 32.0 Å². The highest BCUT2D eigenvalue weighted by Crippen LogP contribution is 2.25. The lowest BCUT2D eigenvalue weighted by molar-refractivity contribution is 0.0993. The van der Waals surface area contributed by atoms with Crippen molar-refractivity contribution in [1.29, 1.82) is 5.26 Å². The van der Waals surface area contributed by atoms with Gasteiger partial charge in [0.15, 0.2) is 5.13 Å². The lowest BCUT2D eigenvalue weighted by atomic mass is 10.1. The number of hydrogen-bond acceptors (Lipinski definition) is 4. The van der Waals surface area contributed by atoms with Crippen LogP contribution in [0.4, 0.5) is 5.13 Å². The molecule has 0 spiro atoms. The van der Waals surface area contributed by atoms with Gasteiger partial charge in [0.2, 0.25) is 0 Å². The van der Waals surface area contributed by atoms with E-state index in [0.717, 1.165) is 10.6 Å². The SMILES string of the molecule is Cc1nc(N(C)C(=O)c2cccc(C#N)c2)sc1C. The van der Waals surface area contributed by atoms with Gasteiger partial charge in [0, 0.05) is 17.5 Å². The van der Waals surface area contributed by atoms with E-state index in [1.807, 2.05) is 19.9 Å². The van der Waals surface area contributed by atoms with Crippen molar-refractivity contribution < 1.29 is 4.79 Å². The molecule has 0 radical (unpaired) electrons. The van der Waals surface area contributed by atoms with E-state index >= 15 is 0 Å². The standard InChI is InChI=1S/C14H13N3OS/c1-9-10(2)19-14(16-9)17(3)13(18)12-6-4-5-11(7-12)8-15/h4-7H,1-3H3. The van der Waals surface area contributed by atoms with E-state index < -0.39 is 0 Å². The van der Waals surface area contributed by atoms with E-state index in [4.69, 9.17) is 5.26 Å². The monoisotopic (exact) mass is 271 g/mol. The van der Waals surface area contributed by atoms with E-state index in [1.165, 1.54) is 16.2 Å². The number of nitrogens with zero attached hydrogens (tertiary/aromatic N) is 3. The lowest BCUT2D eigenvalue weighted by Crippen LogP contribution is -2.26. The second-order valence-electron chi connectivity index (χ2n) is 4.19. The molecule has 0 aliphatic heterocycles. The molecule has 0 aliphatic rings. The van der Waals surface area contributed by atoms with Crippen LogP contribution in [0.15, 0.2) is 24.3 Å². The van der Waals surface area contributed by atoms with Crippen LogP contribution in [-0.2, 0) is 0 Å². The molecular formula is C14H13N3OS. The summed E-state index contributed by atoms with van der Waals surface area (Å²) < 4.78 is 0. The Bertz CT molecular complexity index is 650. The van der Waals surface area contributed by atoms with Gasteiger partial charge in [-0.3, -0.25) is 9.69 Å². The minimum absolute atomic E-state index is 0.161. The van der Waals surface area contributed by atoms with E-state index in [0.29, 0.717) is 16.3 Å². The maximum atomic E-state index is 12.3. The van der Waals surface area contributed by atoms with E-state index in [1.54, 1.807) is 31.3 Å². The first-order chi connectivity index (χ1) is 9.02. The average Bonchev–Trinajstić information content (AvgIpc) is 2.77. The molecule has 96 valence electrons. The molecule has 0 fully saturated rings. The number of carbonyl (C=O) groups is 1. The molecule has 0 saturated heterocycles. The third kappa shape index (κ3) is 2.64. The number of carbonyl (C=O) groups excluding carboxylic acids is 1. The van der Waals surface area contributed by atoms with Crippen molar-refractivity contribution in [2.24, 2.45) is 0 Å². The van der Waals surface area contributed by atoms with Crippen molar-refractivity contribution in [1.82, 2.24) is 4.98 Å². The van der Waals surface area contributed by atoms with Gasteiger partial charge in [0.05, 0.1) is 17.3 Å². The van der Waals surface area contributed by atoms with Gasteiger partial charge in [-0.1, -0.05) is 6.07 Å². The molecule has 0 atom stereocenters. The highest BCUT2D eigenvalue weighted by atomic mass is 32.1. The van der Waals surface area contributed by atoms with Gasteiger partial charge in [0.25, 0.3) is 5.91 Å². The second-order valence-corrected chi connectivity index (χ2v) is 5.38. The molecular weight excluding hydrogens is 258 g/mol. The molecule has 1 heterocycles. The van der Waals surface area contributed by atoms with Crippen LogP contribution < -0.4 is 4.90 Å². The quantitative estimate of drug-likeness (QED) is 0.843. The first kappa shape index (κ1) is 13.2. The van der Waals surface area contributed by atoms with Crippen LogP contribution in [0.2, 0.25) is 0 Å². The third-order valence-corrected chi connectivity index (χ3v) is 4.00. The lowest BCUT2D eigenvalue weighted by Gasteiger charge is -2.13. The Morgan fingerprint density at radius 1 is 1.42 bits per heavy atom. The van der Waals surface area contributed by atoms with E-state index in [-0.39, 0.29) is 5.91 Å². The summed E-state index contributed by atoms with van der Waals surface area (Å²) in [5.41, 5.74) is 1.91. The molecule has 1 aromatic carbocycles. The summed E-state index contributed by atoms with van der Waals surface area (Å²) in [6.45, 7) is 3.90. The Kier molecular flexibility index (Phi) is 3.63. The number of anilines is 1. The summed E-state index contributed by atoms with van der Waals surface area (Å²) >= 11 is 1.48. The van der Waals surface area contributed by atoms with Crippen molar-refractivity contribution in [3.05, 3.63) is 46.0 Å². The first-order valence-corrected chi connectivity index (χ1v) is 6.57. The van der Waals surface area contributed by atoms with Crippen LogP contribution >= 0.6 is 11.3 Å². The number of amides is 1. The largest absolute Gasteiger partial charge is 0.287 e. The summed E-state index contributed by atoms with van der Waals surface area (Å²) in [5, 5.41) is 9.52. The second kappa shape index (κ2) is 5.21. The highest BCUT2D eigenvalue weighted by molar-refractivity contribution is 7.15. The maximum Gasteiger partial charge on any atom is 0.259 e. The Morgan fingerprint density at radius 2 is 2.16 bits per heavy atom. The molecule has 1 aromatic heterocycles. The van der Waals surface area contributed by atoms with E-state index in [9.17, 15) is 4.79 Å². The molecule has 2 aromatic rings. The smallest absolute Gasteiger partial charge is 0.259 e. The van der Waals surface area contributed by atoms with Crippen molar-refractivity contribution in [2.45, 2.75) is 13.8 Å². The minimum atomic E-state index is -0.161. The zero-order valence-corrected chi connectivity index (χ0v) is 11.8. The number of aromatic nitrogens is 1. The number of rotatable bonds is 2. The zero-order valence-electron chi connectivity index (χ0n) is 11.0. The van der Waals surface area contributed by atoms with Gasteiger partial charge >= 0.3 is 0 Å². The van der Waals surface area contributed by atoms with Crippen LogP contribution in [0.3, 0.4) is 0 Å². The van der Waals surface area contributed by atoms with Crippen molar-refractivity contribution >= 4 is 22.4 Å². The maximum absolute atomic E-state index is 12.3. The summed E-state index contributed by atoms with van der Waals surface area (Å²) in [5.74, 6) is -0.161. The summed E-state index contributed by atoms with van der Waals surface area (Å²) in [6.07, 6.45) is 0. The molecule has 0 bridgehead atoms. The van der Waals surface area contributed by atoms with Gasteiger partial charge in [-0.2, -0.15) is 5.26 Å². The van der Waals surface area contributed by atoms with Gasteiger partial charge in [-0.15, -0.1) is 11.3 Å². The summed E-state index contributed by atoms with van der Waals surface area (Å²) in [4.78, 5) is 19.3. The van der Waals surface area contributed by atoms with Crippen LogP contribution in [0.1, 0.15) is 26.5 Å². The zero-order chi connectivity index (χ0) is 14.0. The van der Waals surface area contributed by atoms with Gasteiger partial charge < -0.3 is 0 Å². The molecule has 19 heavy (non-hydrogen) atoms. The van der Waals surface area contributed by atoms with Crippen molar-refractivity contribution in [2.75, 3.05) is 11.9 Å². The molecule has 5 heteroatoms. The first-order valence-electron chi connectivity index (χ1n) is 5.75. The third-order valence-electron chi connectivity index (χ3n) is 2.85. The molecule has 0 unspecified atom stereocenters. The van der Waals surface area contributed by atoms with E-state index in [2.05, 4.69) is 4.98 Å². The molecule has 0 aliphatic carbocycles. The Labute approximate surface area is 115 Å². The van der Waals surface area contributed by atoms with Gasteiger partial charge in [-0.25, -0.2) is 4.98 Å². The van der Waals surface area contributed by atoms with Crippen molar-refractivity contribution in [3.63, 3.8) is 0 Å². The van der Waals surface area contributed by atoms with Gasteiger partial charge in [0.1, 0.15) is 0 Å². The van der Waals surface area contributed by atoms with Crippen LogP contribution in [0.5, 0.6) is 0 Å². The Balaban J connectivity index is 2.31. The van der Waals surface area contributed by atoms with Crippen LogP contribution in [0.25, 0.3) is 0 Å². The number of benzene rings is 1. The summed E-state index contributed by atoms with van der Waals surface area (Å²) in [7, 11) is 1.69. The average molecular weight is 271 g/mol. The number of nitriles is 1. The predicted octanol–water partition coefficient (Wildman–Crippen LogP) is 2.91. The number of thiazole rings is 1. The molecule has 1 amide bonds. The number of aryl methyl sites for hydroxylation is 2. The van der Waals surface area contributed by atoms with Crippen molar-refractivity contribution in [3.8, 4) is 6.07 Å². The summed E-state index contributed by atoms with van der Waals surface area (Å²) in [6, 6.07) is 8.70. The highest BCUT2D eigenvalue weighted by Gasteiger charge is 2.17. The molecule has 0 saturated carbocycles. The molecule has 4 nitrogen and oxygen atoms in total.